The lowest BCUT2D eigenvalue weighted by atomic mass is 10.0. The van der Waals surface area contributed by atoms with Crippen LogP contribution >= 0.6 is 0 Å². The largest absolute Gasteiger partial charge is 0.506 e. The fraction of sp³-hybridized carbons (Fsp3) is 0.450. The van der Waals surface area contributed by atoms with Crippen molar-refractivity contribution in [2.75, 3.05) is 19.6 Å². The first kappa shape index (κ1) is 17.2. The third-order valence-corrected chi connectivity index (χ3v) is 5.46. The minimum Gasteiger partial charge on any atom is -0.506 e. The lowest BCUT2D eigenvalue weighted by Crippen LogP contribution is -2.29. The first-order valence-corrected chi connectivity index (χ1v) is 9.05. The van der Waals surface area contributed by atoms with Crippen LogP contribution in [0.3, 0.4) is 0 Å². The molecule has 1 aliphatic carbocycles. The van der Waals surface area contributed by atoms with E-state index >= 15 is 0 Å². The number of pyridine rings is 1. The Hall–Kier alpha value is -2.18. The van der Waals surface area contributed by atoms with Crippen molar-refractivity contribution in [3.63, 3.8) is 0 Å². The molecule has 1 aliphatic heterocycles. The lowest BCUT2D eigenvalue weighted by molar-refractivity contribution is 0.112. The van der Waals surface area contributed by atoms with Gasteiger partial charge in [0.1, 0.15) is 11.9 Å². The summed E-state index contributed by atoms with van der Waals surface area (Å²) in [5.74, 6) is 1.16. The molecule has 6 heteroatoms. The Morgan fingerprint density at radius 3 is 2.54 bits per heavy atom. The molecule has 2 N–H and O–H groups in total. The number of aliphatic hydroxyl groups is 1. The number of aliphatic hydroxyl groups excluding tert-OH is 1. The summed E-state index contributed by atoms with van der Waals surface area (Å²) in [5.41, 5.74) is 0.570. The highest BCUT2D eigenvalue weighted by atomic mass is 19.1. The summed E-state index contributed by atoms with van der Waals surface area (Å²) in [6.45, 7) is 2.36. The number of β-amino-alcohol motifs (C(OH)–C–C–N with tert-alkyl or cyclic N) is 1. The number of hydrogen-bond acceptors (Lipinski definition) is 5. The van der Waals surface area contributed by atoms with Gasteiger partial charge in [0.15, 0.2) is 11.6 Å². The minimum atomic E-state index is -0.667. The van der Waals surface area contributed by atoms with Gasteiger partial charge in [0, 0.05) is 19.6 Å². The third-order valence-electron chi connectivity index (χ3n) is 5.46. The molecule has 2 fully saturated rings. The van der Waals surface area contributed by atoms with Crippen molar-refractivity contribution in [2.45, 2.75) is 25.0 Å². The highest BCUT2D eigenvalue weighted by Crippen LogP contribution is 2.40. The van der Waals surface area contributed by atoms with Crippen molar-refractivity contribution < 1.29 is 19.3 Å². The van der Waals surface area contributed by atoms with E-state index in [-0.39, 0.29) is 17.7 Å². The molecule has 4 atom stereocenters. The standard InChI is InChI=1S/C20H23FN2O3/c21-17-3-1-2-4-20(17)26-16-7-13-10-23(11-14(13)8-16)12-19(25)18-6-5-15(24)9-22-18/h1-6,9,13-14,16,19,24-25H,7-8,10-12H2/t13-,14?,16?,19+/m1/s1. The van der Waals surface area contributed by atoms with E-state index in [1.165, 1.54) is 18.3 Å². The molecule has 2 aromatic rings. The smallest absolute Gasteiger partial charge is 0.165 e. The van der Waals surface area contributed by atoms with Crippen LogP contribution < -0.4 is 4.74 Å². The number of nitrogens with zero attached hydrogens (tertiary/aromatic N) is 2. The van der Waals surface area contributed by atoms with Gasteiger partial charge in [-0.2, -0.15) is 0 Å². The monoisotopic (exact) mass is 358 g/mol. The summed E-state index contributed by atoms with van der Waals surface area (Å²) in [5, 5.41) is 19.6. The van der Waals surface area contributed by atoms with Gasteiger partial charge in [-0.25, -0.2) is 4.39 Å². The molecule has 5 nitrogen and oxygen atoms in total. The van der Waals surface area contributed by atoms with Gasteiger partial charge in [-0.3, -0.25) is 9.88 Å². The average molecular weight is 358 g/mol. The van der Waals surface area contributed by atoms with Gasteiger partial charge in [0.2, 0.25) is 0 Å². The molecular formula is C20H23FN2O3. The van der Waals surface area contributed by atoms with Gasteiger partial charge in [-0.15, -0.1) is 0 Å². The van der Waals surface area contributed by atoms with Crippen LogP contribution in [0.4, 0.5) is 4.39 Å². The minimum absolute atomic E-state index is 0.0627. The van der Waals surface area contributed by atoms with Crippen LogP contribution in [0.2, 0.25) is 0 Å². The molecular weight excluding hydrogens is 335 g/mol. The van der Waals surface area contributed by atoms with E-state index in [1.54, 1.807) is 24.3 Å². The summed E-state index contributed by atoms with van der Waals surface area (Å²) < 4.78 is 19.6. The Kier molecular flexibility index (Phi) is 4.78. The molecule has 1 aromatic carbocycles. The van der Waals surface area contributed by atoms with Crippen molar-refractivity contribution in [2.24, 2.45) is 11.8 Å². The van der Waals surface area contributed by atoms with E-state index in [2.05, 4.69) is 9.88 Å². The molecule has 1 saturated heterocycles. The lowest BCUT2D eigenvalue weighted by Gasteiger charge is -2.22. The topological polar surface area (TPSA) is 65.8 Å². The van der Waals surface area contributed by atoms with Crippen molar-refractivity contribution in [3.8, 4) is 11.5 Å². The van der Waals surface area contributed by atoms with E-state index in [9.17, 15) is 14.6 Å². The zero-order chi connectivity index (χ0) is 18.1. The summed E-state index contributed by atoms with van der Waals surface area (Å²) in [4.78, 5) is 6.34. The summed E-state index contributed by atoms with van der Waals surface area (Å²) in [6, 6.07) is 9.73. The first-order chi connectivity index (χ1) is 12.6. The van der Waals surface area contributed by atoms with E-state index in [0.717, 1.165) is 25.9 Å². The predicted octanol–water partition coefficient (Wildman–Crippen LogP) is 2.75. The quantitative estimate of drug-likeness (QED) is 0.860. The molecule has 0 radical (unpaired) electrons. The average Bonchev–Trinajstić information content (AvgIpc) is 3.15. The van der Waals surface area contributed by atoms with Gasteiger partial charge in [-0.1, -0.05) is 12.1 Å². The number of aromatic nitrogens is 1. The molecule has 2 aliphatic rings. The molecule has 1 saturated carbocycles. The van der Waals surface area contributed by atoms with Crippen LogP contribution in [-0.4, -0.2) is 45.8 Å². The SMILES string of the molecule is Oc1ccc([C@@H](O)CN2CC3CC(Oc4ccccc4F)C[C@@H]3C2)nc1. The van der Waals surface area contributed by atoms with E-state index in [4.69, 9.17) is 4.74 Å². The third kappa shape index (κ3) is 3.66. The Morgan fingerprint density at radius 2 is 1.88 bits per heavy atom. The van der Waals surface area contributed by atoms with Gasteiger partial charge in [-0.05, 0) is 48.9 Å². The molecule has 1 aromatic heterocycles. The molecule has 2 unspecified atom stereocenters. The number of benzene rings is 1. The van der Waals surface area contributed by atoms with Gasteiger partial charge >= 0.3 is 0 Å². The molecule has 0 bridgehead atoms. The van der Waals surface area contributed by atoms with Gasteiger partial charge in [0.05, 0.1) is 18.0 Å². The summed E-state index contributed by atoms with van der Waals surface area (Å²) in [6.07, 6.45) is 2.58. The highest BCUT2D eigenvalue weighted by molar-refractivity contribution is 5.24. The maximum atomic E-state index is 13.7. The second-order valence-electron chi connectivity index (χ2n) is 7.34. The number of fused-ring (bicyclic) bond motifs is 1. The number of aromatic hydroxyl groups is 1. The van der Waals surface area contributed by atoms with Crippen molar-refractivity contribution in [1.29, 1.82) is 0 Å². The Balaban J connectivity index is 1.29. The highest BCUT2D eigenvalue weighted by Gasteiger charge is 2.42. The summed E-state index contributed by atoms with van der Waals surface area (Å²) in [7, 11) is 0. The fourth-order valence-electron chi connectivity index (χ4n) is 4.24. The Labute approximate surface area is 152 Å². The molecule has 4 rings (SSSR count). The number of hydrogen-bond donors (Lipinski definition) is 2. The maximum Gasteiger partial charge on any atom is 0.165 e. The molecule has 0 amide bonds. The van der Waals surface area contributed by atoms with E-state index in [0.29, 0.717) is 29.8 Å². The van der Waals surface area contributed by atoms with Gasteiger partial charge in [0.25, 0.3) is 0 Å². The van der Waals surface area contributed by atoms with Crippen LogP contribution in [0, 0.1) is 17.7 Å². The molecule has 2 heterocycles. The van der Waals surface area contributed by atoms with Gasteiger partial charge < -0.3 is 14.9 Å². The van der Waals surface area contributed by atoms with Crippen LogP contribution in [0.15, 0.2) is 42.6 Å². The van der Waals surface area contributed by atoms with Crippen molar-refractivity contribution in [3.05, 3.63) is 54.1 Å². The van der Waals surface area contributed by atoms with Crippen LogP contribution in [0.5, 0.6) is 11.5 Å². The summed E-state index contributed by atoms with van der Waals surface area (Å²) >= 11 is 0. The Bertz CT molecular complexity index is 741. The number of likely N-dealkylation sites (tertiary alicyclic amines) is 1. The first-order valence-electron chi connectivity index (χ1n) is 9.05. The maximum absolute atomic E-state index is 13.7. The molecule has 0 spiro atoms. The number of para-hydroxylation sites is 1. The van der Waals surface area contributed by atoms with E-state index < -0.39 is 6.10 Å². The zero-order valence-electron chi connectivity index (χ0n) is 14.5. The van der Waals surface area contributed by atoms with E-state index in [1.807, 2.05) is 0 Å². The Morgan fingerprint density at radius 1 is 1.15 bits per heavy atom. The zero-order valence-corrected chi connectivity index (χ0v) is 14.5. The van der Waals surface area contributed by atoms with Crippen LogP contribution in [-0.2, 0) is 0 Å². The predicted molar refractivity (Wildman–Crippen MR) is 94.3 cm³/mol. The van der Waals surface area contributed by atoms with Crippen LogP contribution in [0.1, 0.15) is 24.6 Å². The molecule has 138 valence electrons. The normalized spacial score (nSPS) is 26.6. The second-order valence-corrected chi connectivity index (χ2v) is 7.34. The second kappa shape index (κ2) is 7.21. The van der Waals surface area contributed by atoms with Crippen molar-refractivity contribution in [1.82, 2.24) is 9.88 Å². The molecule has 26 heavy (non-hydrogen) atoms. The number of ether oxygens (including phenoxy) is 1. The fourth-order valence-corrected chi connectivity index (χ4v) is 4.24. The van der Waals surface area contributed by atoms with Crippen molar-refractivity contribution >= 4 is 0 Å². The number of rotatable bonds is 5. The number of halogens is 1. The van der Waals surface area contributed by atoms with Crippen LogP contribution in [0.25, 0.3) is 0 Å².